The molecule has 2 aromatic carbocycles. The summed E-state index contributed by atoms with van der Waals surface area (Å²) in [5.41, 5.74) is 1.93. The van der Waals surface area contributed by atoms with E-state index >= 15 is 0 Å². The van der Waals surface area contributed by atoms with Crippen molar-refractivity contribution < 1.29 is 13.6 Å². The largest absolute Gasteiger partial charge is 0.324 e. The average molecular weight is 275 g/mol. The van der Waals surface area contributed by atoms with Crippen molar-refractivity contribution in [3.63, 3.8) is 0 Å². The minimum absolute atomic E-state index is 0.189. The van der Waals surface area contributed by atoms with Crippen LogP contribution in [0, 0.1) is 18.6 Å². The number of nitrogens with one attached hydrogen (secondary N) is 1. The summed E-state index contributed by atoms with van der Waals surface area (Å²) in [5.74, 6) is -1.02. The summed E-state index contributed by atoms with van der Waals surface area (Å²) < 4.78 is 26.2. The molecule has 1 N–H and O–H groups in total. The number of hydrogen-bond donors (Lipinski definition) is 1. The molecule has 0 bridgehead atoms. The maximum absolute atomic E-state index is 13.5. The second-order valence-electron chi connectivity index (χ2n) is 4.66. The van der Waals surface area contributed by atoms with Gasteiger partial charge in [-0.25, -0.2) is 8.78 Å². The number of rotatable bonds is 4. The topological polar surface area (TPSA) is 29.1 Å². The lowest BCUT2D eigenvalue weighted by molar-refractivity contribution is -0.116. The van der Waals surface area contributed by atoms with Gasteiger partial charge in [-0.05, 0) is 48.7 Å². The maximum Gasteiger partial charge on any atom is 0.224 e. The molecule has 4 heteroatoms. The van der Waals surface area contributed by atoms with Gasteiger partial charge < -0.3 is 5.32 Å². The summed E-state index contributed by atoms with van der Waals surface area (Å²) in [4.78, 5) is 11.8. The number of carbonyl (C=O) groups is 1. The molecule has 0 unspecified atom stereocenters. The fourth-order valence-electron chi connectivity index (χ4n) is 1.86. The Balaban J connectivity index is 1.92. The van der Waals surface area contributed by atoms with Crippen LogP contribution >= 0.6 is 0 Å². The predicted octanol–water partition coefficient (Wildman–Crippen LogP) is 3.84. The van der Waals surface area contributed by atoms with Crippen molar-refractivity contribution in [1.82, 2.24) is 0 Å². The Morgan fingerprint density at radius 2 is 1.80 bits per heavy atom. The van der Waals surface area contributed by atoms with Gasteiger partial charge in [0.15, 0.2) is 0 Å². The highest BCUT2D eigenvalue weighted by Gasteiger charge is 2.07. The van der Waals surface area contributed by atoms with Gasteiger partial charge in [-0.1, -0.05) is 18.2 Å². The summed E-state index contributed by atoms with van der Waals surface area (Å²) >= 11 is 0. The highest BCUT2D eigenvalue weighted by molar-refractivity contribution is 5.91. The van der Waals surface area contributed by atoms with Crippen molar-refractivity contribution in [3.8, 4) is 0 Å². The van der Waals surface area contributed by atoms with E-state index in [0.29, 0.717) is 6.42 Å². The Bertz CT molecular complexity index is 608. The van der Waals surface area contributed by atoms with Crippen molar-refractivity contribution in [2.24, 2.45) is 0 Å². The van der Waals surface area contributed by atoms with Gasteiger partial charge in [0, 0.05) is 6.42 Å². The first-order valence-electron chi connectivity index (χ1n) is 6.35. The number of benzene rings is 2. The van der Waals surface area contributed by atoms with Crippen LogP contribution in [0.1, 0.15) is 17.5 Å². The van der Waals surface area contributed by atoms with E-state index in [1.54, 1.807) is 24.3 Å². The van der Waals surface area contributed by atoms with E-state index in [2.05, 4.69) is 5.32 Å². The summed E-state index contributed by atoms with van der Waals surface area (Å²) in [7, 11) is 0. The number of carbonyl (C=O) groups excluding carboxylic acids is 1. The lowest BCUT2D eigenvalue weighted by atomic mass is 10.1. The maximum atomic E-state index is 13.5. The van der Waals surface area contributed by atoms with E-state index in [0.717, 1.165) is 11.1 Å². The van der Waals surface area contributed by atoms with E-state index < -0.39 is 5.82 Å². The van der Waals surface area contributed by atoms with Crippen LogP contribution in [0.15, 0.2) is 42.5 Å². The van der Waals surface area contributed by atoms with Crippen LogP contribution in [0.5, 0.6) is 0 Å². The van der Waals surface area contributed by atoms with Crippen molar-refractivity contribution in [1.29, 1.82) is 0 Å². The highest BCUT2D eigenvalue weighted by Crippen LogP contribution is 2.16. The zero-order valence-corrected chi connectivity index (χ0v) is 11.1. The Hall–Kier alpha value is -2.23. The van der Waals surface area contributed by atoms with Gasteiger partial charge >= 0.3 is 0 Å². The molecule has 0 aliphatic carbocycles. The molecule has 0 radical (unpaired) electrons. The smallest absolute Gasteiger partial charge is 0.224 e. The molecule has 0 heterocycles. The van der Waals surface area contributed by atoms with Gasteiger partial charge in [0.25, 0.3) is 0 Å². The Morgan fingerprint density at radius 3 is 2.50 bits per heavy atom. The molecule has 0 aliphatic heterocycles. The van der Waals surface area contributed by atoms with Crippen LogP contribution in [0.3, 0.4) is 0 Å². The van der Waals surface area contributed by atoms with Crippen LogP contribution in [0.4, 0.5) is 14.5 Å². The van der Waals surface area contributed by atoms with E-state index in [1.165, 1.54) is 18.2 Å². The molecular weight excluding hydrogens is 260 g/mol. The quantitative estimate of drug-likeness (QED) is 0.902. The zero-order chi connectivity index (χ0) is 14.5. The molecular formula is C16H15F2NO. The van der Waals surface area contributed by atoms with Crippen LogP contribution < -0.4 is 5.32 Å². The molecule has 104 valence electrons. The van der Waals surface area contributed by atoms with E-state index in [4.69, 9.17) is 0 Å². The monoisotopic (exact) mass is 275 g/mol. The van der Waals surface area contributed by atoms with Gasteiger partial charge in [-0.2, -0.15) is 0 Å². The van der Waals surface area contributed by atoms with Gasteiger partial charge in [0.05, 0.1) is 5.69 Å². The second kappa shape index (κ2) is 6.28. The molecule has 0 fully saturated rings. The Morgan fingerprint density at radius 1 is 1.10 bits per heavy atom. The summed E-state index contributed by atoms with van der Waals surface area (Å²) in [6.07, 6.45) is 0.707. The van der Waals surface area contributed by atoms with Gasteiger partial charge in [-0.3, -0.25) is 4.79 Å². The molecule has 0 aliphatic rings. The molecule has 0 saturated carbocycles. The van der Waals surface area contributed by atoms with Crippen LogP contribution in [-0.2, 0) is 11.2 Å². The third kappa shape index (κ3) is 3.88. The summed E-state index contributed by atoms with van der Waals surface area (Å²) in [6.45, 7) is 1.83. The molecule has 2 aromatic rings. The SMILES string of the molecule is Cc1ccc(F)c(NC(=O)CCc2ccc(F)cc2)c1. The number of hydrogen-bond acceptors (Lipinski definition) is 1. The normalized spacial score (nSPS) is 10.3. The molecule has 0 spiro atoms. The minimum Gasteiger partial charge on any atom is -0.324 e. The minimum atomic E-state index is -0.453. The molecule has 0 atom stereocenters. The Labute approximate surface area is 116 Å². The average Bonchev–Trinajstić information content (AvgIpc) is 2.42. The predicted molar refractivity (Wildman–Crippen MR) is 74.5 cm³/mol. The van der Waals surface area contributed by atoms with Crippen LogP contribution in [0.25, 0.3) is 0 Å². The Kier molecular flexibility index (Phi) is 4.45. The molecule has 2 rings (SSSR count). The van der Waals surface area contributed by atoms with E-state index in [-0.39, 0.29) is 23.8 Å². The summed E-state index contributed by atoms with van der Waals surface area (Å²) in [5, 5.41) is 2.54. The summed E-state index contributed by atoms with van der Waals surface area (Å²) in [6, 6.07) is 10.5. The highest BCUT2D eigenvalue weighted by atomic mass is 19.1. The van der Waals surface area contributed by atoms with E-state index in [9.17, 15) is 13.6 Å². The fourth-order valence-corrected chi connectivity index (χ4v) is 1.86. The lowest BCUT2D eigenvalue weighted by Gasteiger charge is -2.07. The van der Waals surface area contributed by atoms with Crippen molar-refractivity contribution >= 4 is 11.6 Å². The molecule has 2 nitrogen and oxygen atoms in total. The van der Waals surface area contributed by atoms with Gasteiger partial charge in [0.1, 0.15) is 11.6 Å². The van der Waals surface area contributed by atoms with Crippen molar-refractivity contribution in [2.75, 3.05) is 5.32 Å². The standard InChI is InChI=1S/C16H15F2NO/c1-11-2-8-14(18)15(10-11)19-16(20)9-5-12-3-6-13(17)7-4-12/h2-4,6-8,10H,5,9H2,1H3,(H,19,20). The van der Waals surface area contributed by atoms with Crippen LogP contribution in [-0.4, -0.2) is 5.91 Å². The number of anilines is 1. The number of halogens is 2. The lowest BCUT2D eigenvalue weighted by Crippen LogP contribution is -2.13. The molecule has 20 heavy (non-hydrogen) atoms. The number of amides is 1. The first-order valence-corrected chi connectivity index (χ1v) is 6.35. The van der Waals surface area contributed by atoms with Gasteiger partial charge in [-0.15, -0.1) is 0 Å². The molecule has 1 amide bonds. The first-order chi connectivity index (χ1) is 9.54. The van der Waals surface area contributed by atoms with Gasteiger partial charge in [0.2, 0.25) is 5.91 Å². The first kappa shape index (κ1) is 14.2. The zero-order valence-electron chi connectivity index (χ0n) is 11.1. The second-order valence-corrected chi connectivity index (χ2v) is 4.66. The number of aryl methyl sites for hydroxylation is 2. The van der Waals surface area contributed by atoms with Crippen molar-refractivity contribution in [2.45, 2.75) is 19.8 Å². The van der Waals surface area contributed by atoms with E-state index in [1.807, 2.05) is 6.92 Å². The van der Waals surface area contributed by atoms with Crippen LogP contribution in [0.2, 0.25) is 0 Å². The molecule has 0 saturated heterocycles. The third-order valence-corrected chi connectivity index (χ3v) is 2.95. The van der Waals surface area contributed by atoms with Crippen molar-refractivity contribution in [3.05, 3.63) is 65.2 Å². The molecule has 0 aromatic heterocycles. The fraction of sp³-hybridized carbons (Fsp3) is 0.188. The third-order valence-electron chi connectivity index (χ3n) is 2.95.